The summed E-state index contributed by atoms with van der Waals surface area (Å²) in [6.45, 7) is 3.51. The number of aromatic nitrogens is 1. The summed E-state index contributed by atoms with van der Waals surface area (Å²) in [5.41, 5.74) is 2.59. The zero-order chi connectivity index (χ0) is 19.7. The number of hydrogen-bond acceptors (Lipinski definition) is 4. The Morgan fingerprint density at radius 1 is 1.14 bits per heavy atom. The lowest BCUT2D eigenvalue weighted by Crippen LogP contribution is -2.31. The molecule has 2 amide bonds. The van der Waals surface area contributed by atoms with Gasteiger partial charge in [-0.05, 0) is 24.1 Å². The van der Waals surface area contributed by atoms with Crippen LogP contribution in [0, 0.1) is 11.8 Å². The van der Waals surface area contributed by atoms with E-state index in [0.29, 0.717) is 30.6 Å². The number of hydrogen-bond donors (Lipinski definition) is 2. The number of carbonyl (C=O) groups excluding carboxylic acids is 2. The minimum Gasteiger partial charge on any atom is -0.381 e. The normalized spacial score (nSPS) is 23.6. The Bertz CT molecular complexity index is 874. The maximum atomic E-state index is 12.9. The molecule has 4 atom stereocenters. The van der Waals surface area contributed by atoms with E-state index in [1.807, 2.05) is 36.4 Å². The third-order valence-corrected chi connectivity index (χ3v) is 5.78. The van der Waals surface area contributed by atoms with E-state index in [9.17, 15) is 9.59 Å². The van der Waals surface area contributed by atoms with Gasteiger partial charge in [0.15, 0.2) is 0 Å². The number of rotatable bonds is 6. The number of pyridine rings is 1. The fraction of sp³-hybridized carbons (Fsp3) is 0.409. The van der Waals surface area contributed by atoms with Crippen molar-refractivity contribution >= 4 is 11.8 Å². The molecule has 2 fully saturated rings. The third-order valence-electron chi connectivity index (χ3n) is 5.78. The van der Waals surface area contributed by atoms with Crippen molar-refractivity contribution in [2.75, 3.05) is 20.3 Å². The first-order valence-corrected chi connectivity index (χ1v) is 9.80. The topological polar surface area (TPSA) is 80.3 Å². The fourth-order valence-electron chi connectivity index (χ4n) is 4.10. The molecule has 4 rings (SSSR count). The zero-order valence-corrected chi connectivity index (χ0v) is 16.1. The Kier molecular flexibility index (Phi) is 5.13. The smallest absolute Gasteiger partial charge is 0.269 e. The Morgan fingerprint density at radius 3 is 2.50 bits per heavy atom. The van der Waals surface area contributed by atoms with Crippen LogP contribution in [0.3, 0.4) is 0 Å². The molecule has 2 N–H and O–H groups in total. The van der Waals surface area contributed by atoms with Gasteiger partial charge in [0, 0.05) is 42.1 Å². The van der Waals surface area contributed by atoms with E-state index >= 15 is 0 Å². The van der Waals surface area contributed by atoms with Gasteiger partial charge in [0.1, 0.15) is 5.69 Å². The van der Waals surface area contributed by atoms with Gasteiger partial charge in [0.2, 0.25) is 0 Å². The van der Waals surface area contributed by atoms with Gasteiger partial charge in [-0.15, -0.1) is 0 Å². The minimum absolute atomic E-state index is 0.0195. The predicted octanol–water partition coefficient (Wildman–Crippen LogP) is 2.36. The maximum absolute atomic E-state index is 12.9. The highest BCUT2D eigenvalue weighted by Crippen LogP contribution is 2.44. The second-order valence-corrected chi connectivity index (χ2v) is 7.48. The maximum Gasteiger partial charge on any atom is 0.269 e. The highest BCUT2D eigenvalue weighted by atomic mass is 16.5. The molecule has 1 aromatic carbocycles. The summed E-state index contributed by atoms with van der Waals surface area (Å²) in [5, 5.41) is 5.71. The monoisotopic (exact) mass is 379 g/mol. The summed E-state index contributed by atoms with van der Waals surface area (Å²) < 4.78 is 5.39. The Balaban J connectivity index is 1.65. The van der Waals surface area contributed by atoms with Gasteiger partial charge in [-0.25, -0.2) is 4.98 Å². The standard InChI is InChI=1S/C22H25N3O3/c1-3-15(13-7-5-4-6-8-13)18-9-14(10-19(24-18)22(27)23-2)21(26)25-20-16-11-28-12-17(16)20/h4-10,15-17,20H,3,11-12H2,1-2H3,(H,23,27)(H,25,26)/t15-,16-,17+,20?/m1/s1. The van der Waals surface area contributed by atoms with Crippen LogP contribution in [0.2, 0.25) is 0 Å². The molecule has 1 unspecified atom stereocenters. The van der Waals surface area contributed by atoms with Gasteiger partial charge in [0.25, 0.3) is 11.8 Å². The molecular weight excluding hydrogens is 354 g/mol. The van der Waals surface area contributed by atoms with Crippen molar-refractivity contribution in [3.8, 4) is 0 Å². The highest BCUT2D eigenvalue weighted by molar-refractivity contribution is 5.99. The number of carbonyl (C=O) groups is 2. The molecule has 146 valence electrons. The summed E-state index contributed by atoms with van der Waals surface area (Å²) in [7, 11) is 1.57. The molecule has 2 aromatic rings. The molecule has 1 saturated heterocycles. The van der Waals surface area contributed by atoms with Crippen molar-refractivity contribution in [2.24, 2.45) is 11.8 Å². The highest BCUT2D eigenvalue weighted by Gasteiger charge is 2.54. The van der Waals surface area contributed by atoms with Crippen LogP contribution >= 0.6 is 0 Å². The molecule has 0 bridgehead atoms. The van der Waals surface area contributed by atoms with E-state index in [1.165, 1.54) is 0 Å². The van der Waals surface area contributed by atoms with Gasteiger partial charge in [-0.1, -0.05) is 37.3 Å². The molecule has 6 nitrogen and oxygen atoms in total. The summed E-state index contributed by atoms with van der Waals surface area (Å²) >= 11 is 0. The third kappa shape index (κ3) is 3.52. The van der Waals surface area contributed by atoms with Crippen LogP contribution in [0.1, 0.15) is 51.4 Å². The number of amides is 2. The van der Waals surface area contributed by atoms with E-state index in [1.54, 1.807) is 13.1 Å². The molecule has 28 heavy (non-hydrogen) atoms. The van der Waals surface area contributed by atoms with E-state index in [4.69, 9.17) is 4.74 Å². The second kappa shape index (κ2) is 7.72. The van der Waals surface area contributed by atoms with Crippen LogP contribution in [0.4, 0.5) is 0 Å². The fourth-order valence-corrected chi connectivity index (χ4v) is 4.10. The first kappa shape index (κ1) is 18.6. The van der Waals surface area contributed by atoms with Crippen molar-refractivity contribution in [3.63, 3.8) is 0 Å². The average molecular weight is 379 g/mol. The molecule has 1 aromatic heterocycles. The van der Waals surface area contributed by atoms with Crippen LogP contribution < -0.4 is 10.6 Å². The average Bonchev–Trinajstić information content (AvgIpc) is 3.14. The van der Waals surface area contributed by atoms with Crippen LogP contribution in [0.15, 0.2) is 42.5 Å². The number of benzene rings is 1. The Hall–Kier alpha value is -2.73. The van der Waals surface area contributed by atoms with Crippen molar-refractivity contribution in [3.05, 3.63) is 65.0 Å². The number of ether oxygens (including phenoxy) is 1. The van der Waals surface area contributed by atoms with Crippen molar-refractivity contribution < 1.29 is 14.3 Å². The van der Waals surface area contributed by atoms with E-state index < -0.39 is 0 Å². The van der Waals surface area contributed by atoms with E-state index in [0.717, 1.165) is 17.7 Å². The molecule has 0 radical (unpaired) electrons. The number of nitrogens with one attached hydrogen (secondary N) is 2. The summed E-state index contributed by atoms with van der Waals surface area (Å²) in [6, 6.07) is 13.6. The van der Waals surface area contributed by atoms with E-state index in [-0.39, 0.29) is 29.5 Å². The largest absolute Gasteiger partial charge is 0.381 e. The molecule has 1 aliphatic carbocycles. The van der Waals surface area contributed by atoms with Gasteiger partial charge in [-0.2, -0.15) is 0 Å². The van der Waals surface area contributed by atoms with Crippen LogP contribution in [-0.2, 0) is 4.74 Å². The molecule has 1 aliphatic heterocycles. The van der Waals surface area contributed by atoms with Crippen molar-refractivity contribution in [1.29, 1.82) is 0 Å². The lowest BCUT2D eigenvalue weighted by atomic mass is 9.91. The second-order valence-electron chi connectivity index (χ2n) is 7.48. The molecule has 0 spiro atoms. The lowest BCUT2D eigenvalue weighted by Gasteiger charge is -2.17. The Labute approximate surface area is 164 Å². The predicted molar refractivity (Wildman–Crippen MR) is 105 cm³/mol. The lowest BCUT2D eigenvalue weighted by molar-refractivity contribution is 0.0928. The molecule has 6 heteroatoms. The van der Waals surface area contributed by atoms with Crippen LogP contribution in [0.25, 0.3) is 0 Å². The summed E-state index contributed by atoms with van der Waals surface area (Å²) in [4.78, 5) is 29.7. The quantitative estimate of drug-likeness (QED) is 0.807. The first-order chi connectivity index (χ1) is 13.6. The molecular formula is C22H25N3O3. The SMILES string of the molecule is CC[C@H](c1ccccc1)c1cc(C(=O)NC2[C@H]3COC[C@@H]23)cc(C(=O)NC)n1. The first-order valence-electron chi connectivity index (χ1n) is 9.80. The molecule has 2 heterocycles. The summed E-state index contributed by atoms with van der Waals surface area (Å²) in [6.07, 6.45) is 0.819. The van der Waals surface area contributed by atoms with Crippen LogP contribution in [-0.4, -0.2) is 43.1 Å². The van der Waals surface area contributed by atoms with Gasteiger partial charge in [-0.3, -0.25) is 9.59 Å². The Morgan fingerprint density at radius 2 is 1.86 bits per heavy atom. The number of fused-ring (bicyclic) bond motifs is 1. The molecule has 2 aliphatic rings. The molecule has 1 saturated carbocycles. The van der Waals surface area contributed by atoms with Gasteiger partial charge < -0.3 is 15.4 Å². The van der Waals surface area contributed by atoms with Crippen LogP contribution in [0.5, 0.6) is 0 Å². The zero-order valence-electron chi connectivity index (χ0n) is 16.1. The minimum atomic E-state index is -0.296. The van der Waals surface area contributed by atoms with Gasteiger partial charge >= 0.3 is 0 Å². The van der Waals surface area contributed by atoms with Crippen molar-refractivity contribution in [2.45, 2.75) is 25.3 Å². The number of nitrogens with zero attached hydrogens (tertiary/aromatic N) is 1. The summed E-state index contributed by atoms with van der Waals surface area (Å²) in [5.74, 6) is 0.422. The van der Waals surface area contributed by atoms with Crippen molar-refractivity contribution in [1.82, 2.24) is 15.6 Å². The van der Waals surface area contributed by atoms with E-state index in [2.05, 4.69) is 22.5 Å². The van der Waals surface area contributed by atoms with Gasteiger partial charge in [0.05, 0.1) is 13.2 Å².